The maximum atomic E-state index is 3.27. The number of hydrogen-bond donors (Lipinski definition) is 1. The number of nitrogens with zero attached hydrogens (tertiary/aromatic N) is 3. The van der Waals surface area contributed by atoms with Crippen LogP contribution in [0.5, 0.6) is 0 Å². The molecule has 4 fully saturated rings. The standard InChI is InChI=1S/C19H22N2.C6H12N2/c1-3-8-16(9-4-1)19(17-10-5-2-6-11-17)21-14-18(15-21)20-12-7-13-20;1-2-8(3-1)6-4-7-5-6/h1-6,8-11,18-19H,7,12-15H2;6-7H,1-5H2. The molecule has 0 aromatic heterocycles. The third-order valence-electron chi connectivity index (χ3n) is 7.06. The summed E-state index contributed by atoms with van der Waals surface area (Å²) in [6, 6.07) is 23.9. The molecular formula is C25H34N4. The zero-order chi connectivity index (χ0) is 19.5. The van der Waals surface area contributed by atoms with Crippen LogP contribution in [0.4, 0.5) is 0 Å². The first-order valence-corrected chi connectivity index (χ1v) is 11.4. The first kappa shape index (κ1) is 19.3. The monoisotopic (exact) mass is 390 g/mol. The van der Waals surface area contributed by atoms with Crippen LogP contribution in [0.15, 0.2) is 60.7 Å². The third kappa shape index (κ3) is 4.26. The summed E-state index contributed by atoms with van der Waals surface area (Å²) in [5, 5.41) is 3.27. The molecule has 0 unspecified atom stereocenters. The van der Waals surface area contributed by atoms with E-state index in [1.807, 2.05) is 0 Å². The molecule has 0 aliphatic carbocycles. The van der Waals surface area contributed by atoms with Crippen molar-refractivity contribution in [1.29, 1.82) is 0 Å². The van der Waals surface area contributed by atoms with Crippen LogP contribution in [0, 0.1) is 0 Å². The lowest BCUT2D eigenvalue weighted by Crippen LogP contribution is -2.63. The van der Waals surface area contributed by atoms with Crippen molar-refractivity contribution in [3.8, 4) is 0 Å². The highest BCUT2D eigenvalue weighted by molar-refractivity contribution is 5.32. The van der Waals surface area contributed by atoms with Gasteiger partial charge in [0.15, 0.2) is 0 Å². The molecular weight excluding hydrogens is 356 g/mol. The fraction of sp³-hybridized carbons (Fsp3) is 0.520. The lowest BCUT2D eigenvalue weighted by molar-refractivity contribution is -0.0151. The highest BCUT2D eigenvalue weighted by atomic mass is 15.3. The van der Waals surface area contributed by atoms with E-state index in [0.717, 1.165) is 12.1 Å². The quantitative estimate of drug-likeness (QED) is 0.847. The fourth-order valence-corrected chi connectivity index (χ4v) is 4.76. The highest BCUT2D eigenvalue weighted by Crippen LogP contribution is 2.34. The van der Waals surface area contributed by atoms with E-state index >= 15 is 0 Å². The van der Waals surface area contributed by atoms with E-state index in [2.05, 4.69) is 80.7 Å². The molecule has 4 aliphatic heterocycles. The van der Waals surface area contributed by atoms with Gasteiger partial charge in [0.2, 0.25) is 0 Å². The van der Waals surface area contributed by atoms with E-state index in [1.165, 1.54) is 76.3 Å². The summed E-state index contributed by atoms with van der Waals surface area (Å²) in [6.07, 6.45) is 2.81. The molecule has 4 heteroatoms. The minimum Gasteiger partial charge on any atom is -0.314 e. The van der Waals surface area contributed by atoms with Gasteiger partial charge in [-0.2, -0.15) is 0 Å². The average molecular weight is 391 g/mol. The second-order valence-electron chi connectivity index (χ2n) is 8.92. The molecule has 2 aromatic rings. The van der Waals surface area contributed by atoms with Gasteiger partial charge in [-0.25, -0.2) is 0 Å². The Bertz CT molecular complexity index is 695. The Hall–Kier alpha value is -1.72. The van der Waals surface area contributed by atoms with E-state index in [4.69, 9.17) is 0 Å². The van der Waals surface area contributed by atoms with Crippen LogP contribution in [0.3, 0.4) is 0 Å². The molecule has 0 radical (unpaired) electrons. The summed E-state index contributed by atoms with van der Waals surface area (Å²) in [7, 11) is 0. The molecule has 0 saturated carbocycles. The molecule has 4 saturated heterocycles. The molecule has 0 bridgehead atoms. The van der Waals surface area contributed by atoms with Crippen molar-refractivity contribution in [3.05, 3.63) is 71.8 Å². The molecule has 0 atom stereocenters. The molecule has 29 heavy (non-hydrogen) atoms. The summed E-state index contributed by atoms with van der Waals surface area (Å²) in [5.74, 6) is 0. The van der Waals surface area contributed by atoms with Crippen molar-refractivity contribution >= 4 is 0 Å². The summed E-state index contributed by atoms with van der Waals surface area (Å²) in [4.78, 5) is 7.80. The van der Waals surface area contributed by atoms with Gasteiger partial charge in [-0.15, -0.1) is 0 Å². The third-order valence-corrected chi connectivity index (χ3v) is 7.06. The Balaban J connectivity index is 0.000000189. The van der Waals surface area contributed by atoms with Gasteiger partial charge in [-0.1, -0.05) is 60.7 Å². The number of benzene rings is 2. The van der Waals surface area contributed by atoms with E-state index in [9.17, 15) is 0 Å². The van der Waals surface area contributed by atoms with Gasteiger partial charge < -0.3 is 5.32 Å². The Morgan fingerprint density at radius 3 is 1.48 bits per heavy atom. The molecule has 6 rings (SSSR count). The molecule has 2 aromatic carbocycles. The Kier molecular flexibility index (Phi) is 5.95. The van der Waals surface area contributed by atoms with E-state index in [0.29, 0.717) is 6.04 Å². The van der Waals surface area contributed by atoms with Crippen LogP contribution in [-0.2, 0) is 0 Å². The van der Waals surface area contributed by atoms with Gasteiger partial charge in [0.05, 0.1) is 6.04 Å². The van der Waals surface area contributed by atoms with Crippen molar-refractivity contribution in [1.82, 2.24) is 20.0 Å². The number of nitrogens with one attached hydrogen (secondary N) is 1. The molecule has 0 amide bonds. The maximum absolute atomic E-state index is 3.27. The Morgan fingerprint density at radius 2 is 1.14 bits per heavy atom. The smallest absolute Gasteiger partial charge is 0.0602 e. The van der Waals surface area contributed by atoms with Gasteiger partial charge in [-0.3, -0.25) is 14.7 Å². The Morgan fingerprint density at radius 1 is 0.655 bits per heavy atom. The van der Waals surface area contributed by atoms with Crippen molar-refractivity contribution in [2.45, 2.75) is 31.0 Å². The molecule has 4 heterocycles. The normalized spacial score (nSPS) is 23.3. The van der Waals surface area contributed by atoms with Gasteiger partial charge >= 0.3 is 0 Å². The summed E-state index contributed by atoms with van der Waals surface area (Å²) >= 11 is 0. The van der Waals surface area contributed by atoms with Gasteiger partial charge in [-0.05, 0) is 50.1 Å². The fourth-order valence-electron chi connectivity index (χ4n) is 4.76. The molecule has 4 aliphatic rings. The number of hydrogen-bond acceptors (Lipinski definition) is 4. The van der Waals surface area contributed by atoms with Gasteiger partial charge in [0.25, 0.3) is 0 Å². The predicted octanol–water partition coefficient (Wildman–Crippen LogP) is 2.83. The molecule has 4 nitrogen and oxygen atoms in total. The number of likely N-dealkylation sites (tertiary alicyclic amines) is 3. The van der Waals surface area contributed by atoms with Crippen LogP contribution in [0.2, 0.25) is 0 Å². The SMILES string of the molecule is C1CN(C2CNC2)C1.c1ccc(C(c2ccccc2)N2CC(N3CCC3)C2)cc1. The lowest BCUT2D eigenvalue weighted by Gasteiger charge is -2.51. The second-order valence-corrected chi connectivity index (χ2v) is 8.92. The van der Waals surface area contributed by atoms with E-state index in [-0.39, 0.29) is 0 Å². The minimum atomic E-state index is 0.407. The van der Waals surface area contributed by atoms with Crippen molar-refractivity contribution < 1.29 is 0 Å². The van der Waals surface area contributed by atoms with Crippen LogP contribution in [0.25, 0.3) is 0 Å². The molecule has 154 valence electrons. The Labute approximate surface area is 175 Å². The molecule has 1 N–H and O–H groups in total. The van der Waals surface area contributed by atoms with Crippen molar-refractivity contribution in [2.75, 3.05) is 52.4 Å². The first-order chi connectivity index (χ1) is 14.4. The topological polar surface area (TPSA) is 21.8 Å². The zero-order valence-corrected chi connectivity index (χ0v) is 17.4. The highest BCUT2D eigenvalue weighted by Gasteiger charge is 2.38. The average Bonchev–Trinajstić information content (AvgIpc) is 2.62. The number of rotatable bonds is 5. The van der Waals surface area contributed by atoms with Gasteiger partial charge in [0.1, 0.15) is 0 Å². The maximum Gasteiger partial charge on any atom is 0.0602 e. The van der Waals surface area contributed by atoms with Crippen LogP contribution in [-0.4, -0.2) is 79.1 Å². The van der Waals surface area contributed by atoms with Crippen LogP contribution < -0.4 is 5.32 Å². The van der Waals surface area contributed by atoms with Crippen molar-refractivity contribution in [3.63, 3.8) is 0 Å². The van der Waals surface area contributed by atoms with Gasteiger partial charge in [0, 0.05) is 38.3 Å². The second kappa shape index (κ2) is 8.97. The van der Waals surface area contributed by atoms with Crippen LogP contribution >= 0.6 is 0 Å². The molecule has 0 spiro atoms. The van der Waals surface area contributed by atoms with E-state index < -0.39 is 0 Å². The minimum absolute atomic E-state index is 0.407. The summed E-state index contributed by atoms with van der Waals surface area (Å²) in [5.41, 5.74) is 2.82. The first-order valence-electron chi connectivity index (χ1n) is 11.4. The zero-order valence-electron chi connectivity index (χ0n) is 17.4. The lowest BCUT2D eigenvalue weighted by atomic mass is 9.92. The van der Waals surface area contributed by atoms with Crippen molar-refractivity contribution in [2.24, 2.45) is 0 Å². The largest absolute Gasteiger partial charge is 0.314 e. The van der Waals surface area contributed by atoms with Crippen LogP contribution in [0.1, 0.15) is 30.0 Å². The van der Waals surface area contributed by atoms with E-state index in [1.54, 1.807) is 0 Å². The summed E-state index contributed by atoms with van der Waals surface area (Å²) in [6.45, 7) is 10.2. The summed E-state index contributed by atoms with van der Waals surface area (Å²) < 4.78 is 0. The predicted molar refractivity (Wildman–Crippen MR) is 119 cm³/mol.